The summed E-state index contributed by atoms with van der Waals surface area (Å²) in [5.41, 5.74) is 2.76. The first kappa shape index (κ1) is 43.9. The molecule has 310 valence electrons. The third kappa shape index (κ3) is 12.3. The van der Waals surface area contributed by atoms with Crippen molar-refractivity contribution in [3.05, 3.63) is 40.7 Å². The highest BCUT2D eigenvalue weighted by atomic mass is 19.4. The minimum Gasteiger partial charge on any atom is -0.461 e. The predicted molar refractivity (Wildman–Crippen MR) is 201 cm³/mol. The summed E-state index contributed by atoms with van der Waals surface area (Å²) in [4.78, 5) is 63.3. The van der Waals surface area contributed by atoms with Crippen LogP contribution in [0.1, 0.15) is 139 Å². The number of benzene rings is 1. The van der Waals surface area contributed by atoms with E-state index < -0.39 is 76.0 Å². The molecule has 0 saturated heterocycles. The second kappa shape index (κ2) is 17.1. The summed E-state index contributed by atoms with van der Waals surface area (Å²) < 4.78 is 59.8. The maximum Gasteiger partial charge on any atom is 0.435 e. The molecule has 2 aliphatic rings. The first-order chi connectivity index (χ1) is 25.8. The van der Waals surface area contributed by atoms with Crippen LogP contribution in [0.25, 0.3) is 5.69 Å². The van der Waals surface area contributed by atoms with E-state index >= 15 is 0 Å². The van der Waals surface area contributed by atoms with Gasteiger partial charge in [0.05, 0.1) is 22.5 Å². The Morgan fingerprint density at radius 2 is 1.57 bits per heavy atom. The number of alkyl halides is 3. The Morgan fingerprint density at radius 1 is 0.946 bits per heavy atom. The molecule has 2 aromatic rings. The number of nitrogens with zero attached hydrogens (tertiary/aromatic N) is 2. The number of carbonyl (C=O) groups excluding carboxylic acids is 5. The van der Waals surface area contributed by atoms with Gasteiger partial charge in [-0.15, -0.1) is 0 Å². The van der Waals surface area contributed by atoms with Crippen LogP contribution in [-0.2, 0) is 31.6 Å². The molecule has 0 radical (unpaired) electrons. The predicted octanol–water partition coefficient (Wildman–Crippen LogP) is 7.00. The second-order valence-electron chi connectivity index (χ2n) is 17.3. The number of fused-ring (bicyclic) bond motifs is 1. The third-order valence-electron chi connectivity index (χ3n) is 9.21. The highest BCUT2D eigenvalue weighted by Gasteiger charge is 2.45. The van der Waals surface area contributed by atoms with Crippen LogP contribution in [0.3, 0.4) is 0 Å². The number of nitrogens with one attached hydrogen (secondary N) is 3. The topological polar surface area (TPSA) is 193 Å². The molecule has 0 spiro atoms. The number of hydrogen-bond donors (Lipinski definition) is 4. The molecule has 1 atom stereocenters. The van der Waals surface area contributed by atoms with E-state index in [9.17, 15) is 37.1 Å². The summed E-state index contributed by atoms with van der Waals surface area (Å²) in [7, 11) is 0. The van der Waals surface area contributed by atoms with E-state index in [1.54, 1.807) is 41.5 Å². The van der Waals surface area contributed by atoms with E-state index in [0.29, 0.717) is 45.1 Å². The van der Waals surface area contributed by atoms with Crippen LogP contribution in [0.4, 0.5) is 28.4 Å². The normalized spacial score (nSPS) is 18.9. The number of amides is 3. The number of halogens is 3. The van der Waals surface area contributed by atoms with Gasteiger partial charge in [-0.1, -0.05) is 13.8 Å². The van der Waals surface area contributed by atoms with Gasteiger partial charge in [0.15, 0.2) is 11.5 Å². The minimum absolute atomic E-state index is 0.0455. The first-order valence-corrected chi connectivity index (χ1v) is 18.9. The van der Waals surface area contributed by atoms with Crippen molar-refractivity contribution in [3.8, 4) is 5.69 Å². The Hall–Kier alpha value is -4.83. The maximum absolute atomic E-state index is 14.1. The van der Waals surface area contributed by atoms with Crippen LogP contribution in [0.5, 0.6) is 0 Å². The molecular weight excluding hydrogens is 737 g/mol. The number of aromatic nitrogens is 2. The largest absolute Gasteiger partial charge is 0.461 e. The lowest BCUT2D eigenvalue weighted by molar-refractivity contribution is -0.153. The van der Waals surface area contributed by atoms with E-state index in [-0.39, 0.29) is 47.9 Å². The number of hydrogen-bond acceptors (Lipinski definition) is 10. The lowest BCUT2D eigenvalue weighted by Crippen LogP contribution is -2.45. The molecule has 1 aromatic heterocycles. The van der Waals surface area contributed by atoms with E-state index in [2.05, 4.69) is 21.0 Å². The Labute approximate surface area is 325 Å². The van der Waals surface area contributed by atoms with Crippen molar-refractivity contribution < 1.29 is 51.4 Å². The zero-order chi connectivity index (χ0) is 41.8. The fraction of sp³-hybridized carbons (Fsp3) is 0.641. The van der Waals surface area contributed by atoms with Gasteiger partial charge < -0.3 is 35.9 Å². The Bertz CT molecular complexity index is 1790. The van der Waals surface area contributed by atoms with E-state index in [1.807, 2.05) is 13.8 Å². The highest BCUT2D eigenvalue weighted by molar-refractivity contribution is 6.00. The maximum atomic E-state index is 14.1. The number of unbranched alkanes of at least 4 members (excludes halogenated alkanes) is 1. The summed E-state index contributed by atoms with van der Waals surface area (Å²) in [6.07, 6.45) is -3.44. The summed E-state index contributed by atoms with van der Waals surface area (Å²) >= 11 is 0. The van der Waals surface area contributed by atoms with Crippen LogP contribution in [-0.4, -0.2) is 75.6 Å². The molecule has 0 aliphatic heterocycles. The molecule has 1 aromatic carbocycles. The summed E-state index contributed by atoms with van der Waals surface area (Å²) in [6, 6.07) is 3.14. The lowest BCUT2D eigenvalue weighted by atomic mass is 9.75. The summed E-state index contributed by atoms with van der Waals surface area (Å²) in [5.74, 6) is -2.00. The first-order valence-electron chi connectivity index (χ1n) is 18.9. The number of rotatable bonds is 12. The number of ketones is 1. The van der Waals surface area contributed by atoms with Gasteiger partial charge in [-0.25, -0.2) is 19.1 Å². The molecule has 14 nitrogen and oxygen atoms in total. The fourth-order valence-corrected chi connectivity index (χ4v) is 6.83. The monoisotopic (exact) mass is 792 g/mol. The van der Waals surface area contributed by atoms with Crippen molar-refractivity contribution in [2.24, 2.45) is 11.1 Å². The van der Waals surface area contributed by atoms with Crippen molar-refractivity contribution in [1.29, 1.82) is 0 Å². The molecular formula is C39H55F3N6O8. The number of anilines is 1. The molecule has 1 heterocycles. The third-order valence-corrected chi connectivity index (χ3v) is 9.21. The van der Waals surface area contributed by atoms with Crippen LogP contribution >= 0.6 is 0 Å². The van der Waals surface area contributed by atoms with Gasteiger partial charge in [0.1, 0.15) is 23.3 Å². The summed E-state index contributed by atoms with van der Waals surface area (Å²) in [5, 5.41) is 12.5. The SMILES string of the molecule is CC1(C)CC(=O)c2c(C(F)(F)F)nn(-c3ccc(C(N)=O)c(N[C@H]4CC[C@H](OC(=O)[C@H](CCCCNC(=O)OC(C)(C)C)NC(=O)OC(C)(C)C)CC4)c3)c2C1. The van der Waals surface area contributed by atoms with Gasteiger partial charge in [0.2, 0.25) is 0 Å². The smallest absolute Gasteiger partial charge is 0.435 e. The van der Waals surface area contributed by atoms with Crippen molar-refractivity contribution in [1.82, 2.24) is 20.4 Å². The molecule has 2 aliphatic carbocycles. The van der Waals surface area contributed by atoms with Crippen molar-refractivity contribution in [2.75, 3.05) is 11.9 Å². The number of carbonyl (C=O) groups is 5. The number of ether oxygens (including phenoxy) is 3. The van der Waals surface area contributed by atoms with Crippen molar-refractivity contribution in [2.45, 2.75) is 149 Å². The average Bonchev–Trinajstić information content (AvgIpc) is 3.42. The molecule has 4 rings (SSSR count). The molecule has 5 N–H and O–H groups in total. The highest BCUT2D eigenvalue weighted by Crippen LogP contribution is 2.42. The van der Waals surface area contributed by atoms with Crippen LogP contribution in [0.15, 0.2) is 18.2 Å². The Morgan fingerprint density at radius 3 is 2.16 bits per heavy atom. The number of alkyl carbamates (subject to hydrolysis) is 2. The second-order valence-corrected chi connectivity index (χ2v) is 17.3. The average molecular weight is 793 g/mol. The Kier molecular flexibility index (Phi) is 13.4. The molecule has 1 saturated carbocycles. The lowest BCUT2D eigenvalue weighted by Gasteiger charge is -2.31. The zero-order valence-electron chi connectivity index (χ0n) is 33.4. The molecule has 56 heavy (non-hydrogen) atoms. The van der Waals surface area contributed by atoms with Crippen molar-refractivity contribution in [3.63, 3.8) is 0 Å². The quantitative estimate of drug-likeness (QED) is 0.0988. The van der Waals surface area contributed by atoms with Gasteiger partial charge in [-0.3, -0.25) is 9.59 Å². The standard InChI is InChI=1S/C39H55F3N6O8/c1-36(2,3)55-34(52)44-18-10-9-11-26(46-35(53)56-37(4,5)6)33(51)54-24-15-12-22(13-16-24)45-27-19-23(14-17-25(27)32(43)50)48-28-20-38(7,8)21-29(49)30(28)31(47-48)39(40,41)42/h14,17,19,22,24,26,45H,9-13,15-16,18,20-21H2,1-8H3,(H2,43,50)(H,44,52)(H,46,53)/t22-,24-,26-/m0/s1. The molecule has 1 fully saturated rings. The molecule has 0 unspecified atom stereocenters. The van der Waals surface area contributed by atoms with Gasteiger partial charge in [0, 0.05) is 24.7 Å². The number of esters is 1. The molecule has 3 amide bonds. The number of Topliss-reactive ketones (excluding diaryl/α,β-unsaturated/α-hetero) is 1. The van der Waals surface area contributed by atoms with Gasteiger partial charge in [-0.2, -0.15) is 18.3 Å². The van der Waals surface area contributed by atoms with Crippen LogP contribution in [0.2, 0.25) is 0 Å². The summed E-state index contributed by atoms with van der Waals surface area (Å²) in [6.45, 7) is 14.3. The fourth-order valence-electron chi connectivity index (χ4n) is 6.83. The molecule has 0 bridgehead atoms. The van der Waals surface area contributed by atoms with Gasteiger partial charge in [0.25, 0.3) is 5.91 Å². The van der Waals surface area contributed by atoms with Gasteiger partial charge >= 0.3 is 24.3 Å². The van der Waals surface area contributed by atoms with Crippen LogP contribution in [0, 0.1) is 5.41 Å². The van der Waals surface area contributed by atoms with E-state index in [4.69, 9.17) is 19.9 Å². The van der Waals surface area contributed by atoms with E-state index in [1.165, 1.54) is 18.2 Å². The minimum atomic E-state index is -4.85. The number of nitrogens with two attached hydrogens (primary N) is 1. The van der Waals surface area contributed by atoms with Crippen molar-refractivity contribution >= 4 is 35.5 Å². The molecule has 17 heteroatoms. The van der Waals surface area contributed by atoms with Gasteiger partial charge in [-0.05, 0) is 117 Å². The zero-order valence-corrected chi connectivity index (χ0v) is 33.4. The number of primary amides is 1. The van der Waals surface area contributed by atoms with Crippen LogP contribution < -0.4 is 21.7 Å². The van der Waals surface area contributed by atoms with E-state index in [0.717, 1.165) is 4.68 Å². The Balaban J connectivity index is 1.42.